The third kappa shape index (κ3) is 2.30. The maximum atomic E-state index is 11.6. The van der Waals surface area contributed by atoms with Crippen molar-refractivity contribution in [1.29, 1.82) is 0 Å². The summed E-state index contributed by atoms with van der Waals surface area (Å²) >= 11 is 6.62. The molecule has 2 aromatic rings. The lowest BCUT2D eigenvalue weighted by Crippen LogP contribution is -2.18. The van der Waals surface area contributed by atoms with E-state index in [1.54, 1.807) is 7.05 Å². The SMILES string of the molecule is CNC(=O)c1coc(Nc2c3c(c(Cl)c4c2CCC4)CCC3)n1. The molecule has 2 aliphatic rings. The normalized spacial score (nSPS) is 15.4. The summed E-state index contributed by atoms with van der Waals surface area (Å²) < 4.78 is 5.43. The molecule has 120 valence electrons. The third-order valence-corrected chi connectivity index (χ3v) is 5.22. The van der Waals surface area contributed by atoms with E-state index in [2.05, 4.69) is 15.6 Å². The number of aromatic nitrogens is 1. The molecule has 0 unspecified atom stereocenters. The highest BCUT2D eigenvalue weighted by Gasteiger charge is 2.28. The minimum Gasteiger partial charge on any atom is -0.431 e. The van der Waals surface area contributed by atoms with Crippen LogP contribution < -0.4 is 10.6 Å². The highest BCUT2D eigenvalue weighted by atomic mass is 35.5. The molecular formula is C17H18ClN3O2. The fourth-order valence-electron chi connectivity index (χ4n) is 3.71. The second-order valence-electron chi connectivity index (χ2n) is 6.05. The van der Waals surface area contributed by atoms with E-state index in [0.29, 0.717) is 6.01 Å². The minimum absolute atomic E-state index is 0.256. The van der Waals surface area contributed by atoms with E-state index in [0.717, 1.165) is 49.2 Å². The molecule has 1 aromatic heterocycles. The number of hydrogen-bond acceptors (Lipinski definition) is 4. The van der Waals surface area contributed by atoms with Gasteiger partial charge >= 0.3 is 0 Å². The van der Waals surface area contributed by atoms with Gasteiger partial charge in [0.2, 0.25) is 0 Å². The number of fused-ring (bicyclic) bond motifs is 2. The van der Waals surface area contributed by atoms with Gasteiger partial charge in [0.1, 0.15) is 6.26 Å². The summed E-state index contributed by atoms with van der Waals surface area (Å²) in [4.78, 5) is 15.8. The molecule has 4 rings (SSSR count). The van der Waals surface area contributed by atoms with Crippen molar-refractivity contribution in [2.24, 2.45) is 0 Å². The Balaban J connectivity index is 1.75. The van der Waals surface area contributed by atoms with Crippen molar-refractivity contribution < 1.29 is 9.21 Å². The van der Waals surface area contributed by atoms with E-state index in [9.17, 15) is 4.79 Å². The number of amides is 1. The number of anilines is 2. The molecule has 1 heterocycles. The van der Waals surface area contributed by atoms with Crippen molar-refractivity contribution >= 4 is 29.2 Å². The van der Waals surface area contributed by atoms with E-state index < -0.39 is 0 Å². The highest BCUT2D eigenvalue weighted by Crippen LogP contribution is 2.44. The number of nitrogens with zero attached hydrogens (tertiary/aromatic N) is 1. The molecular weight excluding hydrogens is 314 g/mol. The zero-order valence-electron chi connectivity index (χ0n) is 13.0. The summed E-state index contributed by atoms with van der Waals surface area (Å²) in [6, 6.07) is 0.356. The predicted molar refractivity (Wildman–Crippen MR) is 88.7 cm³/mol. The number of nitrogens with one attached hydrogen (secondary N) is 2. The first-order chi connectivity index (χ1) is 11.2. The van der Waals surface area contributed by atoms with Gasteiger partial charge in [-0.3, -0.25) is 4.79 Å². The molecule has 1 aromatic carbocycles. The Hall–Kier alpha value is -2.01. The lowest BCUT2D eigenvalue weighted by molar-refractivity contribution is 0.0958. The van der Waals surface area contributed by atoms with Gasteiger partial charge in [0, 0.05) is 17.8 Å². The minimum atomic E-state index is -0.256. The highest BCUT2D eigenvalue weighted by molar-refractivity contribution is 6.32. The van der Waals surface area contributed by atoms with Crippen LogP contribution in [0.2, 0.25) is 5.02 Å². The Labute approximate surface area is 139 Å². The molecule has 2 aliphatic carbocycles. The van der Waals surface area contributed by atoms with Crippen molar-refractivity contribution in [1.82, 2.24) is 10.3 Å². The molecule has 2 N–H and O–H groups in total. The summed E-state index contributed by atoms with van der Waals surface area (Å²) in [6.07, 6.45) is 7.73. The fourth-order valence-corrected chi connectivity index (χ4v) is 4.13. The van der Waals surface area contributed by atoms with Crippen molar-refractivity contribution in [3.63, 3.8) is 0 Å². The number of halogens is 1. The first-order valence-corrected chi connectivity index (χ1v) is 8.36. The molecule has 0 saturated heterocycles. The van der Waals surface area contributed by atoms with E-state index in [-0.39, 0.29) is 11.6 Å². The standard InChI is InChI=1S/C17H18ClN3O2/c1-19-16(22)13-8-23-17(20-13)21-15-11-6-2-4-9(11)14(18)10-5-3-7-12(10)15/h8H,2-7H2,1H3,(H,19,22)(H,20,21). The zero-order valence-corrected chi connectivity index (χ0v) is 13.7. The summed E-state index contributed by atoms with van der Waals surface area (Å²) in [5.41, 5.74) is 6.49. The number of hydrogen-bond donors (Lipinski definition) is 2. The quantitative estimate of drug-likeness (QED) is 0.904. The van der Waals surface area contributed by atoms with Gasteiger partial charge in [-0.2, -0.15) is 4.98 Å². The van der Waals surface area contributed by atoms with Crippen LogP contribution in [0.5, 0.6) is 0 Å². The molecule has 0 fully saturated rings. The van der Waals surface area contributed by atoms with E-state index in [4.69, 9.17) is 16.0 Å². The lowest BCUT2D eigenvalue weighted by atomic mass is 9.98. The molecule has 23 heavy (non-hydrogen) atoms. The van der Waals surface area contributed by atoms with Crippen molar-refractivity contribution in [3.8, 4) is 0 Å². The van der Waals surface area contributed by atoms with Crippen LogP contribution >= 0.6 is 11.6 Å². The van der Waals surface area contributed by atoms with Gasteiger partial charge in [0.15, 0.2) is 5.69 Å². The van der Waals surface area contributed by atoms with Gasteiger partial charge in [0.05, 0.1) is 0 Å². The van der Waals surface area contributed by atoms with Crippen LogP contribution in [0, 0.1) is 0 Å². The van der Waals surface area contributed by atoms with E-state index in [1.165, 1.54) is 28.5 Å². The average molecular weight is 332 g/mol. The number of carbonyl (C=O) groups is 1. The zero-order chi connectivity index (χ0) is 16.0. The third-order valence-electron chi connectivity index (χ3n) is 4.76. The molecule has 0 saturated carbocycles. The number of rotatable bonds is 3. The molecule has 0 spiro atoms. The summed E-state index contributed by atoms with van der Waals surface area (Å²) in [6.45, 7) is 0. The van der Waals surface area contributed by atoms with Crippen molar-refractivity contribution in [3.05, 3.63) is 39.2 Å². The molecule has 0 radical (unpaired) electrons. The first kappa shape index (κ1) is 14.6. The van der Waals surface area contributed by atoms with Crippen LogP contribution in [0.1, 0.15) is 45.6 Å². The maximum absolute atomic E-state index is 11.6. The summed E-state index contributed by atoms with van der Waals surface area (Å²) in [5.74, 6) is -0.256. The van der Waals surface area contributed by atoms with Crippen LogP contribution in [-0.4, -0.2) is 17.9 Å². The van der Waals surface area contributed by atoms with Gasteiger partial charge in [-0.05, 0) is 60.8 Å². The second kappa shape index (κ2) is 5.57. The van der Waals surface area contributed by atoms with Crippen LogP contribution in [0.15, 0.2) is 10.7 Å². The lowest BCUT2D eigenvalue weighted by Gasteiger charge is -2.17. The van der Waals surface area contributed by atoms with Gasteiger partial charge in [0.25, 0.3) is 11.9 Å². The van der Waals surface area contributed by atoms with Crippen LogP contribution in [-0.2, 0) is 25.7 Å². The van der Waals surface area contributed by atoms with Crippen LogP contribution in [0.4, 0.5) is 11.7 Å². The molecule has 0 bridgehead atoms. The number of carbonyl (C=O) groups excluding carboxylic acids is 1. The van der Waals surface area contributed by atoms with E-state index in [1.807, 2.05) is 0 Å². The molecule has 0 atom stereocenters. The van der Waals surface area contributed by atoms with Gasteiger partial charge < -0.3 is 15.1 Å². The molecule has 1 amide bonds. The average Bonchev–Trinajstić information content (AvgIpc) is 3.29. The monoisotopic (exact) mass is 331 g/mol. The molecule has 0 aliphatic heterocycles. The largest absolute Gasteiger partial charge is 0.431 e. The number of benzene rings is 1. The first-order valence-electron chi connectivity index (χ1n) is 7.98. The van der Waals surface area contributed by atoms with Crippen molar-refractivity contribution in [2.45, 2.75) is 38.5 Å². The Morgan fingerprint density at radius 2 is 1.74 bits per heavy atom. The summed E-state index contributed by atoms with van der Waals surface area (Å²) in [5, 5.41) is 6.82. The Kier molecular flexibility index (Phi) is 3.53. The second-order valence-corrected chi connectivity index (χ2v) is 6.43. The maximum Gasteiger partial charge on any atom is 0.299 e. The Morgan fingerprint density at radius 3 is 2.35 bits per heavy atom. The number of oxazole rings is 1. The summed E-state index contributed by atoms with van der Waals surface area (Å²) in [7, 11) is 1.57. The molecule has 5 nitrogen and oxygen atoms in total. The van der Waals surface area contributed by atoms with Gasteiger partial charge in [-0.15, -0.1) is 0 Å². The predicted octanol–water partition coefficient (Wildman–Crippen LogP) is 3.41. The Morgan fingerprint density at radius 1 is 1.13 bits per heavy atom. The van der Waals surface area contributed by atoms with Gasteiger partial charge in [-0.1, -0.05) is 11.6 Å². The smallest absolute Gasteiger partial charge is 0.299 e. The van der Waals surface area contributed by atoms with Gasteiger partial charge in [-0.25, -0.2) is 0 Å². The van der Waals surface area contributed by atoms with Crippen LogP contribution in [0.25, 0.3) is 0 Å². The van der Waals surface area contributed by atoms with Crippen LogP contribution in [0.3, 0.4) is 0 Å². The fraction of sp³-hybridized carbons (Fsp3) is 0.412. The molecule has 6 heteroatoms. The van der Waals surface area contributed by atoms with E-state index >= 15 is 0 Å². The van der Waals surface area contributed by atoms with Crippen molar-refractivity contribution in [2.75, 3.05) is 12.4 Å². The topological polar surface area (TPSA) is 67.2 Å². The Bertz CT molecular complexity index is 762.